The standard InChI is InChI=1S/C34H47N3O7/c1-21-14-15-24(18-22(21)2)28(37(25-16-17-25)30(40)27(20-38)36-32(42)44-34(6,7)8)29(39)35-26(31(41)43-33(3,4)5)19-23-12-10-9-11-13-23/h9-15,18,25-28,38H,16-17,19-20H2,1-8H3,(H,35,39)(H,36,42). The number of aliphatic hydroxyl groups is 1. The third-order valence-corrected chi connectivity index (χ3v) is 7.03. The number of aliphatic hydroxyl groups excluding tert-OH is 1. The second kappa shape index (κ2) is 14.2. The van der Waals surface area contributed by atoms with Gasteiger partial charge in [-0.05, 0) is 90.5 Å². The summed E-state index contributed by atoms with van der Waals surface area (Å²) in [5, 5.41) is 15.5. The van der Waals surface area contributed by atoms with Crippen molar-refractivity contribution < 1.29 is 33.8 Å². The molecule has 1 aliphatic rings. The van der Waals surface area contributed by atoms with Crippen LogP contribution in [-0.4, -0.2) is 69.8 Å². The Morgan fingerprint density at radius 1 is 0.864 bits per heavy atom. The minimum absolute atomic E-state index is 0.179. The maximum atomic E-state index is 14.3. The molecule has 0 aromatic heterocycles. The van der Waals surface area contributed by atoms with Crippen LogP contribution in [-0.2, 0) is 30.3 Å². The molecular formula is C34H47N3O7. The van der Waals surface area contributed by atoms with Crippen LogP contribution in [0.25, 0.3) is 0 Å². The predicted octanol–water partition coefficient (Wildman–Crippen LogP) is 4.29. The fourth-order valence-corrected chi connectivity index (χ4v) is 4.73. The average molecular weight is 610 g/mol. The number of carbonyl (C=O) groups excluding carboxylic acids is 4. The van der Waals surface area contributed by atoms with Gasteiger partial charge in [0, 0.05) is 12.5 Å². The molecule has 10 heteroatoms. The minimum atomic E-state index is -1.35. The quantitative estimate of drug-likeness (QED) is 0.324. The Balaban J connectivity index is 2.02. The van der Waals surface area contributed by atoms with Crippen molar-refractivity contribution in [1.82, 2.24) is 15.5 Å². The van der Waals surface area contributed by atoms with E-state index in [0.717, 1.165) is 16.7 Å². The lowest BCUT2D eigenvalue weighted by molar-refractivity contribution is -0.159. The first-order valence-corrected chi connectivity index (χ1v) is 15.1. The van der Waals surface area contributed by atoms with E-state index in [4.69, 9.17) is 9.47 Å². The molecule has 2 aromatic rings. The van der Waals surface area contributed by atoms with E-state index in [9.17, 15) is 24.3 Å². The first-order valence-electron chi connectivity index (χ1n) is 15.1. The van der Waals surface area contributed by atoms with Gasteiger partial charge in [0.15, 0.2) is 0 Å². The summed E-state index contributed by atoms with van der Waals surface area (Å²) in [6.45, 7) is 13.5. The van der Waals surface area contributed by atoms with Crippen LogP contribution >= 0.6 is 0 Å². The zero-order valence-corrected chi connectivity index (χ0v) is 27.1. The number of rotatable bonds is 11. The lowest BCUT2D eigenvalue weighted by atomic mass is 9.97. The van der Waals surface area contributed by atoms with Crippen molar-refractivity contribution >= 4 is 23.9 Å². The van der Waals surface area contributed by atoms with Gasteiger partial charge in [0.1, 0.15) is 29.3 Å². The highest BCUT2D eigenvalue weighted by atomic mass is 16.6. The van der Waals surface area contributed by atoms with Crippen molar-refractivity contribution in [2.45, 2.75) is 110 Å². The number of carbonyl (C=O) groups is 4. The van der Waals surface area contributed by atoms with E-state index in [1.165, 1.54) is 4.90 Å². The van der Waals surface area contributed by atoms with Crippen molar-refractivity contribution in [1.29, 1.82) is 0 Å². The van der Waals surface area contributed by atoms with Gasteiger partial charge in [0.25, 0.3) is 0 Å². The molecular weight excluding hydrogens is 562 g/mol. The summed E-state index contributed by atoms with van der Waals surface area (Å²) >= 11 is 0. The molecule has 0 radical (unpaired) electrons. The summed E-state index contributed by atoms with van der Waals surface area (Å²) in [7, 11) is 0. The zero-order chi connectivity index (χ0) is 32.8. The summed E-state index contributed by atoms with van der Waals surface area (Å²) < 4.78 is 11.0. The lowest BCUT2D eigenvalue weighted by Gasteiger charge is -2.35. The molecule has 0 heterocycles. The SMILES string of the molecule is Cc1ccc(C(C(=O)NC(Cc2ccccc2)C(=O)OC(C)(C)C)N(C(=O)C(CO)NC(=O)OC(C)(C)C)C2CC2)cc1C. The van der Waals surface area contributed by atoms with Crippen LogP contribution < -0.4 is 10.6 Å². The van der Waals surface area contributed by atoms with Crippen LogP contribution in [0.1, 0.15) is 82.7 Å². The summed E-state index contributed by atoms with van der Waals surface area (Å²) in [5.74, 6) is -1.80. The first-order chi connectivity index (χ1) is 20.5. The lowest BCUT2D eigenvalue weighted by Crippen LogP contribution is -2.56. The van der Waals surface area contributed by atoms with Crippen molar-refractivity contribution in [3.8, 4) is 0 Å². The number of ether oxygens (including phenoxy) is 2. The second-order valence-electron chi connectivity index (χ2n) is 13.4. The van der Waals surface area contributed by atoms with E-state index < -0.39 is 59.8 Å². The Kier molecular flexibility index (Phi) is 11.2. The molecule has 1 saturated carbocycles. The van der Waals surface area contributed by atoms with E-state index in [-0.39, 0.29) is 12.5 Å². The van der Waals surface area contributed by atoms with Gasteiger partial charge < -0.3 is 30.1 Å². The predicted molar refractivity (Wildman–Crippen MR) is 167 cm³/mol. The first kappa shape index (κ1) is 34.6. The zero-order valence-electron chi connectivity index (χ0n) is 27.1. The molecule has 0 bridgehead atoms. The molecule has 240 valence electrons. The van der Waals surface area contributed by atoms with E-state index in [0.29, 0.717) is 18.4 Å². The van der Waals surface area contributed by atoms with E-state index in [1.807, 2.05) is 56.3 Å². The number of amides is 3. The fourth-order valence-electron chi connectivity index (χ4n) is 4.73. The average Bonchev–Trinajstić information content (AvgIpc) is 3.75. The molecule has 2 aromatic carbocycles. The van der Waals surface area contributed by atoms with Gasteiger partial charge in [-0.1, -0.05) is 48.5 Å². The highest BCUT2D eigenvalue weighted by molar-refractivity contribution is 5.94. The Morgan fingerprint density at radius 2 is 1.48 bits per heavy atom. The third kappa shape index (κ3) is 10.1. The highest BCUT2D eigenvalue weighted by Crippen LogP contribution is 2.36. The van der Waals surface area contributed by atoms with E-state index >= 15 is 0 Å². The number of alkyl carbamates (subject to hydrolysis) is 1. The molecule has 1 fully saturated rings. The Morgan fingerprint density at radius 3 is 2.00 bits per heavy atom. The van der Waals surface area contributed by atoms with Crippen LogP contribution in [0.5, 0.6) is 0 Å². The third-order valence-electron chi connectivity index (χ3n) is 7.03. The Bertz CT molecular complexity index is 1330. The number of hydrogen-bond acceptors (Lipinski definition) is 7. The van der Waals surface area contributed by atoms with E-state index in [2.05, 4.69) is 10.6 Å². The van der Waals surface area contributed by atoms with Crippen LogP contribution in [0.4, 0.5) is 4.79 Å². The fraction of sp³-hybridized carbons (Fsp3) is 0.529. The maximum Gasteiger partial charge on any atom is 0.408 e. The van der Waals surface area contributed by atoms with Gasteiger partial charge in [-0.15, -0.1) is 0 Å². The van der Waals surface area contributed by atoms with Gasteiger partial charge in [-0.25, -0.2) is 9.59 Å². The number of hydrogen-bond donors (Lipinski definition) is 3. The molecule has 3 N–H and O–H groups in total. The molecule has 3 atom stereocenters. The summed E-state index contributed by atoms with van der Waals surface area (Å²) in [4.78, 5) is 55.7. The summed E-state index contributed by atoms with van der Waals surface area (Å²) in [6.07, 6.45) is 0.605. The van der Waals surface area contributed by atoms with Gasteiger partial charge in [-0.3, -0.25) is 9.59 Å². The monoisotopic (exact) mass is 609 g/mol. The normalized spacial score (nSPS) is 15.4. The number of nitrogens with zero attached hydrogens (tertiary/aromatic N) is 1. The molecule has 0 spiro atoms. The van der Waals surface area contributed by atoms with Gasteiger partial charge >= 0.3 is 12.1 Å². The molecule has 0 aliphatic heterocycles. The number of benzene rings is 2. The molecule has 44 heavy (non-hydrogen) atoms. The molecule has 3 amide bonds. The van der Waals surface area contributed by atoms with Crippen LogP contribution in [0.15, 0.2) is 48.5 Å². The second-order valence-corrected chi connectivity index (χ2v) is 13.4. The molecule has 1 aliphatic carbocycles. The molecule has 10 nitrogen and oxygen atoms in total. The smallest absolute Gasteiger partial charge is 0.408 e. The van der Waals surface area contributed by atoms with Crippen molar-refractivity contribution in [2.75, 3.05) is 6.61 Å². The summed E-state index contributed by atoms with van der Waals surface area (Å²) in [6, 6.07) is 10.9. The largest absolute Gasteiger partial charge is 0.458 e. The molecule has 0 saturated heterocycles. The van der Waals surface area contributed by atoms with Gasteiger partial charge in [-0.2, -0.15) is 0 Å². The number of nitrogens with one attached hydrogen (secondary N) is 2. The Hall–Kier alpha value is -3.92. The summed E-state index contributed by atoms with van der Waals surface area (Å²) in [5.41, 5.74) is 1.68. The maximum absolute atomic E-state index is 14.3. The van der Waals surface area contributed by atoms with Gasteiger partial charge in [0.05, 0.1) is 6.61 Å². The van der Waals surface area contributed by atoms with E-state index in [1.54, 1.807) is 47.6 Å². The van der Waals surface area contributed by atoms with Crippen LogP contribution in [0.3, 0.4) is 0 Å². The topological polar surface area (TPSA) is 134 Å². The van der Waals surface area contributed by atoms with Gasteiger partial charge in [0.2, 0.25) is 11.8 Å². The van der Waals surface area contributed by atoms with Crippen LogP contribution in [0.2, 0.25) is 0 Å². The van der Waals surface area contributed by atoms with Crippen molar-refractivity contribution in [3.05, 3.63) is 70.8 Å². The minimum Gasteiger partial charge on any atom is -0.458 e. The number of aryl methyl sites for hydroxylation is 2. The number of esters is 1. The Labute approximate surface area is 260 Å². The molecule has 3 unspecified atom stereocenters. The van der Waals surface area contributed by atoms with Crippen molar-refractivity contribution in [3.63, 3.8) is 0 Å². The molecule has 3 rings (SSSR count). The van der Waals surface area contributed by atoms with Crippen LogP contribution in [0, 0.1) is 13.8 Å². The van der Waals surface area contributed by atoms with Crippen molar-refractivity contribution in [2.24, 2.45) is 0 Å². The highest BCUT2D eigenvalue weighted by Gasteiger charge is 2.45.